The molecule has 0 fully saturated rings. The fraction of sp³-hybridized carbons (Fsp3) is 0.462. The van der Waals surface area contributed by atoms with Gasteiger partial charge in [-0.3, -0.25) is 4.79 Å². The van der Waals surface area contributed by atoms with Gasteiger partial charge in [-0.25, -0.2) is 8.78 Å². The van der Waals surface area contributed by atoms with Crippen LogP contribution in [0.3, 0.4) is 0 Å². The highest BCUT2D eigenvalue weighted by Crippen LogP contribution is 2.17. The fourth-order valence-corrected chi connectivity index (χ4v) is 1.28. The molecule has 0 bridgehead atoms. The number of rotatable bonds is 5. The third kappa shape index (κ3) is 4.48. The van der Waals surface area contributed by atoms with E-state index < -0.39 is 29.2 Å². The van der Waals surface area contributed by atoms with Gasteiger partial charge in [-0.15, -0.1) is 0 Å². The molecule has 0 aliphatic heterocycles. The van der Waals surface area contributed by atoms with E-state index in [1.165, 1.54) is 13.0 Å². The molecule has 1 aromatic rings. The van der Waals surface area contributed by atoms with E-state index in [4.69, 9.17) is 9.84 Å². The topological polar surface area (TPSA) is 58.6 Å². The quantitative estimate of drug-likeness (QED) is 0.857. The molecule has 0 spiro atoms. The summed E-state index contributed by atoms with van der Waals surface area (Å²) in [4.78, 5) is 11.8. The van der Waals surface area contributed by atoms with Crippen LogP contribution in [0.1, 0.15) is 20.8 Å². The van der Waals surface area contributed by atoms with E-state index in [-0.39, 0.29) is 12.4 Å². The van der Waals surface area contributed by atoms with E-state index in [9.17, 15) is 13.6 Å². The van der Waals surface area contributed by atoms with Crippen molar-refractivity contribution in [3.05, 3.63) is 29.8 Å². The second-order valence-electron chi connectivity index (χ2n) is 4.87. The zero-order chi connectivity index (χ0) is 14.6. The average molecular weight is 273 g/mol. The Labute approximate surface area is 110 Å². The molecule has 1 aromatic carbocycles. The van der Waals surface area contributed by atoms with Crippen molar-refractivity contribution in [3.63, 3.8) is 0 Å². The molecule has 0 aromatic heterocycles. The Bertz CT molecular complexity index is 463. The molecule has 0 saturated heterocycles. The van der Waals surface area contributed by atoms with Crippen molar-refractivity contribution in [2.75, 3.05) is 6.61 Å². The first-order valence-electron chi connectivity index (χ1n) is 5.80. The number of hydrogen-bond acceptors (Lipinski definition) is 3. The second-order valence-corrected chi connectivity index (χ2v) is 4.87. The lowest BCUT2D eigenvalue weighted by molar-refractivity contribution is -0.129. The minimum absolute atomic E-state index is 0.0587. The summed E-state index contributed by atoms with van der Waals surface area (Å²) in [7, 11) is 0. The predicted octanol–water partition coefficient (Wildman–Crippen LogP) is 1.62. The highest BCUT2D eigenvalue weighted by Gasteiger charge is 2.23. The standard InChI is InChI=1S/C13H17F2NO3/c1-8(12(18)16-13(2,3)7-17)19-9-4-5-10(14)11(15)6-9/h4-6,8,17H,7H2,1-3H3,(H,16,18). The highest BCUT2D eigenvalue weighted by atomic mass is 19.2. The molecule has 2 N–H and O–H groups in total. The maximum atomic E-state index is 13.0. The molecular weight excluding hydrogens is 256 g/mol. The van der Waals surface area contributed by atoms with E-state index in [0.717, 1.165) is 12.1 Å². The SMILES string of the molecule is CC(Oc1ccc(F)c(F)c1)C(=O)NC(C)(C)CO. The summed E-state index contributed by atoms with van der Waals surface area (Å²) in [6.07, 6.45) is -0.893. The van der Waals surface area contributed by atoms with Crippen molar-refractivity contribution >= 4 is 5.91 Å². The van der Waals surface area contributed by atoms with E-state index in [2.05, 4.69) is 5.32 Å². The van der Waals surface area contributed by atoms with Crippen LogP contribution in [0.4, 0.5) is 8.78 Å². The van der Waals surface area contributed by atoms with Crippen LogP contribution in [0.5, 0.6) is 5.75 Å². The van der Waals surface area contributed by atoms with Crippen molar-refractivity contribution in [2.45, 2.75) is 32.4 Å². The van der Waals surface area contributed by atoms with Crippen LogP contribution in [-0.2, 0) is 4.79 Å². The highest BCUT2D eigenvalue weighted by molar-refractivity contribution is 5.81. The number of hydrogen-bond donors (Lipinski definition) is 2. The lowest BCUT2D eigenvalue weighted by Gasteiger charge is -2.25. The molecule has 0 saturated carbocycles. The van der Waals surface area contributed by atoms with E-state index in [0.29, 0.717) is 0 Å². The minimum Gasteiger partial charge on any atom is -0.481 e. The van der Waals surface area contributed by atoms with Gasteiger partial charge in [0.2, 0.25) is 0 Å². The molecule has 0 aliphatic carbocycles. The Morgan fingerprint density at radius 2 is 2.05 bits per heavy atom. The third-order valence-electron chi connectivity index (χ3n) is 2.43. The normalized spacial score (nSPS) is 12.9. The zero-order valence-electron chi connectivity index (χ0n) is 11.0. The predicted molar refractivity (Wildman–Crippen MR) is 65.8 cm³/mol. The largest absolute Gasteiger partial charge is 0.481 e. The zero-order valence-corrected chi connectivity index (χ0v) is 11.0. The molecule has 1 amide bonds. The van der Waals surface area contributed by atoms with Crippen LogP contribution < -0.4 is 10.1 Å². The molecule has 106 valence electrons. The van der Waals surface area contributed by atoms with Gasteiger partial charge in [0.05, 0.1) is 12.1 Å². The molecule has 0 aliphatic rings. The summed E-state index contributed by atoms with van der Waals surface area (Å²) in [5, 5.41) is 11.6. The van der Waals surface area contributed by atoms with Gasteiger partial charge in [0.15, 0.2) is 17.7 Å². The van der Waals surface area contributed by atoms with Gasteiger partial charge in [0, 0.05) is 6.07 Å². The van der Waals surface area contributed by atoms with Crippen molar-refractivity contribution < 1.29 is 23.4 Å². The average Bonchev–Trinajstić information content (AvgIpc) is 2.33. The molecule has 1 unspecified atom stereocenters. The summed E-state index contributed by atoms with van der Waals surface area (Å²) in [6.45, 7) is 4.55. The van der Waals surface area contributed by atoms with E-state index >= 15 is 0 Å². The second kappa shape index (κ2) is 5.97. The summed E-state index contributed by atoms with van der Waals surface area (Å²) in [6, 6.07) is 3.03. The fourth-order valence-electron chi connectivity index (χ4n) is 1.28. The van der Waals surface area contributed by atoms with Gasteiger partial charge in [0.1, 0.15) is 5.75 Å². The Morgan fingerprint density at radius 1 is 1.42 bits per heavy atom. The Hall–Kier alpha value is -1.69. The molecule has 0 heterocycles. The lowest BCUT2D eigenvalue weighted by Crippen LogP contribution is -2.50. The number of amides is 1. The van der Waals surface area contributed by atoms with Crippen molar-refractivity contribution in [1.29, 1.82) is 0 Å². The van der Waals surface area contributed by atoms with Crippen LogP contribution in [0, 0.1) is 11.6 Å². The molecular formula is C13H17F2NO3. The number of aliphatic hydroxyl groups is 1. The number of carbonyl (C=O) groups is 1. The maximum Gasteiger partial charge on any atom is 0.261 e. The first-order valence-corrected chi connectivity index (χ1v) is 5.80. The number of ether oxygens (including phenoxy) is 1. The molecule has 19 heavy (non-hydrogen) atoms. The number of benzene rings is 1. The van der Waals surface area contributed by atoms with Crippen LogP contribution in [-0.4, -0.2) is 29.3 Å². The van der Waals surface area contributed by atoms with Crippen molar-refractivity contribution in [1.82, 2.24) is 5.32 Å². The van der Waals surface area contributed by atoms with Crippen LogP contribution in [0.2, 0.25) is 0 Å². The van der Waals surface area contributed by atoms with Gasteiger partial charge in [-0.2, -0.15) is 0 Å². The van der Waals surface area contributed by atoms with Crippen LogP contribution in [0.25, 0.3) is 0 Å². The van der Waals surface area contributed by atoms with E-state index in [1.54, 1.807) is 13.8 Å². The Balaban J connectivity index is 2.66. The van der Waals surface area contributed by atoms with Gasteiger partial charge in [-0.05, 0) is 32.9 Å². The van der Waals surface area contributed by atoms with Crippen LogP contribution >= 0.6 is 0 Å². The number of nitrogens with one attached hydrogen (secondary N) is 1. The van der Waals surface area contributed by atoms with Crippen molar-refractivity contribution in [2.24, 2.45) is 0 Å². The number of aliphatic hydroxyl groups excluding tert-OH is 1. The summed E-state index contributed by atoms with van der Waals surface area (Å²) in [5.41, 5.74) is -0.775. The number of halogens is 2. The molecule has 1 atom stereocenters. The van der Waals surface area contributed by atoms with Gasteiger partial charge in [-0.1, -0.05) is 0 Å². The summed E-state index contributed by atoms with van der Waals surface area (Å²) >= 11 is 0. The first kappa shape index (κ1) is 15.4. The first-order chi connectivity index (χ1) is 8.75. The summed E-state index contributed by atoms with van der Waals surface area (Å²) in [5.74, 6) is -2.42. The molecule has 0 radical (unpaired) electrons. The molecule has 6 heteroatoms. The minimum atomic E-state index is -1.04. The Morgan fingerprint density at radius 3 is 2.58 bits per heavy atom. The van der Waals surface area contributed by atoms with Crippen LogP contribution in [0.15, 0.2) is 18.2 Å². The van der Waals surface area contributed by atoms with Gasteiger partial charge < -0.3 is 15.2 Å². The van der Waals surface area contributed by atoms with E-state index in [1.807, 2.05) is 0 Å². The number of carbonyl (C=O) groups excluding carboxylic acids is 1. The van der Waals surface area contributed by atoms with Gasteiger partial charge in [0.25, 0.3) is 5.91 Å². The summed E-state index contributed by atoms with van der Waals surface area (Å²) < 4.78 is 30.9. The van der Waals surface area contributed by atoms with Gasteiger partial charge >= 0.3 is 0 Å². The monoisotopic (exact) mass is 273 g/mol. The maximum absolute atomic E-state index is 13.0. The lowest BCUT2D eigenvalue weighted by atomic mass is 10.1. The Kier molecular flexibility index (Phi) is 4.83. The third-order valence-corrected chi connectivity index (χ3v) is 2.43. The van der Waals surface area contributed by atoms with Crippen molar-refractivity contribution in [3.8, 4) is 5.75 Å². The molecule has 1 rings (SSSR count). The molecule has 4 nitrogen and oxygen atoms in total. The smallest absolute Gasteiger partial charge is 0.261 e.